The fraction of sp³-hybridized carbons (Fsp3) is 0.833. The number of carbonyl (C=O) groups is 2. The first-order valence-electron chi connectivity index (χ1n) is 5.98. The summed E-state index contributed by atoms with van der Waals surface area (Å²) in [5, 5.41) is 0. The first-order valence-corrected chi connectivity index (χ1v) is 5.98. The molecule has 2 unspecified atom stereocenters. The Morgan fingerprint density at radius 1 is 1.13 bits per heavy atom. The van der Waals surface area contributed by atoms with Crippen LogP contribution in [0.5, 0.6) is 0 Å². The highest BCUT2D eigenvalue weighted by Crippen LogP contribution is 2.27. The lowest BCUT2D eigenvalue weighted by Gasteiger charge is -2.25. The highest BCUT2D eigenvalue weighted by Gasteiger charge is 2.33. The second kappa shape index (κ2) is 4.33. The van der Waals surface area contributed by atoms with Crippen LogP contribution < -0.4 is 0 Å². The minimum Gasteiger partial charge on any atom is -0.332 e. The fourth-order valence-electron chi connectivity index (χ4n) is 2.72. The predicted molar refractivity (Wildman–Crippen MR) is 57.4 cm³/mol. The van der Waals surface area contributed by atoms with Crippen LogP contribution in [-0.4, -0.2) is 29.2 Å². The van der Waals surface area contributed by atoms with E-state index in [-0.39, 0.29) is 18.1 Å². The van der Waals surface area contributed by atoms with E-state index >= 15 is 0 Å². The number of amides is 1. The third kappa shape index (κ3) is 2.39. The van der Waals surface area contributed by atoms with Crippen LogP contribution in [0.1, 0.15) is 45.4 Å². The molecule has 3 nitrogen and oxygen atoms in total. The second-order valence-electron chi connectivity index (χ2n) is 5.00. The van der Waals surface area contributed by atoms with Crippen molar-refractivity contribution in [1.82, 2.24) is 4.90 Å². The summed E-state index contributed by atoms with van der Waals surface area (Å²) in [6.45, 7) is 2.65. The Kier molecular flexibility index (Phi) is 3.08. The van der Waals surface area contributed by atoms with Crippen LogP contribution in [0.25, 0.3) is 0 Å². The van der Waals surface area contributed by atoms with Gasteiger partial charge < -0.3 is 4.90 Å². The molecule has 0 aromatic carbocycles. The molecule has 0 radical (unpaired) electrons. The van der Waals surface area contributed by atoms with Gasteiger partial charge in [0.05, 0.1) is 13.0 Å². The van der Waals surface area contributed by atoms with E-state index in [0.717, 1.165) is 18.8 Å². The summed E-state index contributed by atoms with van der Waals surface area (Å²) in [6.07, 6.45) is 5.98. The van der Waals surface area contributed by atoms with Crippen molar-refractivity contribution in [2.75, 3.05) is 6.54 Å². The second-order valence-corrected chi connectivity index (χ2v) is 5.00. The maximum absolute atomic E-state index is 11.6. The first kappa shape index (κ1) is 10.7. The van der Waals surface area contributed by atoms with E-state index in [9.17, 15) is 9.59 Å². The van der Waals surface area contributed by atoms with Gasteiger partial charge in [-0.2, -0.15) is 0 Å². The number of ketones is 1. The van der Waals surface area contributed by atoms with E-state index < -0.39 is 0 Å². The molecule has 3 heteroatoms. The lowest BCUT2D eigenvalue weighted by Crippen LogP contribution is -2.36. The average molecular weight is 209 g/mol. The Hall–Kier alpha value is -0.860. The monoisotopic (exact) mass is 209 g/mol. The van der Waals surface area contributed by atoms with Crippen molar-refractivity contribution >= 4 is 11.7 Å². The molecule has 15 heavy (non-hydrogen) atoms. The molecule has 0 aromatic rings. The van der Waals surface area contributed by atoms with Crippen LogP contribution in [0.15, 0.2) is 0 Å². The standard InChI is InChI=1S/C12H19NO2/c1-9-3-2-4-10(6-5-9)13-8-11(14)7-12(13)15/h9-10H,2-8H2,1H3. The molecule has 2 fully saturated rings. The van der Waals surface area contributed by atoms with E-state index in [1.807, 2.05) is 4.90 Å². The number of hydrogen-bond acceptors (Lipinski definition) is 2. The third-order valence-electron chi connectivity index (χ3n) is 3.68. The van der Waals surface area contributed by atoms with Crippen molar-refractivity contribution in [3.8, 4) is 0 Å². The molecule has 0 N–H and O–H groups in total. The molecule has 1 amide bonds. The van der Waals surface area contributed by atoms with Gasteiger partial charge in [-0.3, -0.25) is 9.59 Å². The van der Waals surface area contributed by atoms with Crippen molar-refractivity contribution in [2.24, 2.45) is 5.92 Å². The molecular formula is C12H19NO2. The van der Waals surface area contributed by atoms with Crippen LogP contribution in [0.4, 0.5) is 0 Å². The van der Waals surface area contributed by atoms with Crippen molar-refractivity contribution in [3.05, 3.63) is 0 Å². The summed E-state index contributed by atoms with van der Waals surface area (Å²) in [6, 6.07) is 0.342. The van der Waals surface area contributed by atoms with E-state index in [1.54, 1.807) is 0 Å². The van der Waals surface area contributed by atoms with Crippen molar-refractivity contribution in [3.63, 3.8) is 0 Å². The van der Waals surface area contributed by atoms with Crippen LogP contribution >= 0.6 is 0 Å². The summed E-state index contributed by atoms with van der Waals surface area (Å²) >= 11 is 0. The Balaban J connectivity index is 1.98. The Morgan fingerprint density at radius 3 is 2.60 bits per heavy atom. The number of likely N-dealkylation sites (tertiary alicyclic amines) is 1. The summed E-state index contributed by atoms with van der Waals surface area (Å²) in [4.78, 5) is 24.6. The molecule has 0 bridgehead atoms. The van der Waals surface area contributed by atoms with E-state index in [2.05, 4.69) is 6.92 Å². The zero-order chi connectivity index (χ0) is 10.8. The lowest BCUT2D eigenvalue weighted by molar-refractivity contribution is -0.129. The maximum Gasteiger partial charge on any atom is 0.230 e. The molecule has 0 aromatic heterocycles. The lowest BCUT2D eigenvalue weighted by atomic mass is 10.0. The summed E-state index contributed by atoms with van der Waals surface area (Å²) in [5.74, 6) is 0.931. The van der Waals surface area contributed by atoms with Crippen molar-refractivity contribution < 1.29 is 9.59 Å². The van der Waals surface area contributed by atoms with Gasteiger partial charge in [0.1, 0.15) is 0 Å². The van der Waals surface area contributed by atoms with Gasteiger partial charge in [0, 0.05) is 6.04 Å². The first-order chi connectivity index (χ1) is 7.16. The summed E-state index contributed by atoms with van der Waals surface area (Å²) < 4.78 is 0. The zero-order valence-corrected chi connectivity index (χ0v) is 9.37. The van der Waals surface area contributed by atoms with Gasteiger partial charge in [-0.15, -0.1) is 0 Å². The normalized spacial score (nSPS) is 33.3. The van der Waals surface area contributed by atoms with Gasteiger partial charge in [0.15, 0.2) is 5.78 Å². The predicted octanol–water partition coefficient (Wildman–Crippen LogP) is 1.76. The molecule has 1 aliphatic heterocycles. The number of nitrogens with zero attached hydrogens (tertiary/aromatic N) is 1. The van der Waals surface area contributed by atoms with Crippen LogP contribution in [0.2, 0.25) is 0 Å². The highest BCUT2D eigenvalue weighted by atomic mass is 16.2. The summed E-state index contributed by atoms with van der Waals surface area (Å²) in [5.41, 5.74) is 0. The molecule has 1 saturated heterocycles. The minimum absolute atomic E-state index is 0.0551. The van der Waals surface area contributed by atoms with Gasteiger partial charge in [0.25, 0.3) is 0 Å². The molecule has 2 rings (SSSR count). The van der Waals surface area contributed by atoms with E-state index in [1.165, 1.54) is 19.3 Å². The number of carbonyl (C=O) groups excluding carboxylic acids is 2. The van der Waals surface area contributed by atoms with Gasteiger partial charge in [-0.25, -0.2) is 0 Å². The number of rotatable bonds is 1. The number of hydrogen-bond donors (Lipinski definition) is 0. The molecule has 1 saturated carbocycles. The van der Waals surface area contributed by atoms with E-state index in [0.29, 0.717) is 12.6 Å². The van der Waals surface area contributed by atoms with E-state index in [4.69, 9.17) is 0 Å². The Labute approximate surface area is 90.8 Å². The van der Waals surface area contributed by atoms with Crippen LogP contribution in [-0.2, 0) is 9.59 Å². The van der Waals surface area contributed by atoms with Gasteiger partial charge >= 0.3 is 0 Å². The molecular weight excluding hydrogens is 190 g/mol. The number of Topliss-reactive ketones (excluding diaryl/α,β-unsaturated/α-hetero) is 1. The van der Waals surface area contributed by atoms with Crippen molar-refractivity contribution in [1.29, 1.82) is 0 Å². The maximum atomic E-state index is 11.6. The smallest absolute Gasteiger partial charge is 0.230 e. The molecule has 1 heterocycles. The molecule has 2 aliphatic rings. The Morgan fingerprint density at radius 2 is 1.93 bits per heavy atom. The summed E-state index contributed by atoms with van der Waals surface area (Å²) in [7, 11) is 0. The minimum atomic E-state index is 0.0551. The average Bonchev–Trinajstić information content (AvgIpc) is 2.39. The van der Waals surface area contributed by atoms with Gasteiger partial charge in [-0.05, 0) is 25.2 Å². The topological polar surface area (TPSA) is 37.4 Å². The molecule has 1 aliphatic carbocycles. The SMILES string of the molecule is CC1CCCC(N2CC(=O)CC2=O)CC1. The molecule has 84 valence electrons. The zero-order valence-electron chi connectivity index (χ0n) is 9.37. The third-order valence-corrected chi connectivity index (χ3v) is 3.68. The largest absolute Gasteiger partial charge is 0.332 e. The highest BCUT2D eigenvalue weighted by molar-refractivity contribution is 6.05. The quantitative estimate of drug-likeness (QED) is 0.487. The molecule has 0 spiro atoms. The molecule has 2 atom stereocenters. The fourth-order valence-corrected chi connectivity index (χ4v) is 2.72. The Bertz CT molecular complexity index is 275. The van der Waals surface area contributed by atoms with Crippen LogP contribution in [0.3, 0.4) is 0 Å². The van der Waals surface area contributed by atoms with Crippen LogP contribution in [0, 0.1) is 5.92 Å². The van der Waals surface area contributed by atoms with Gasteiger partial charge in [-0.1, -0.05) is 19.8 Å². The van der Waals surface area contributed by atoms with Gasteiger partial charge in [0.2, 0.25) is 5.91 Å². The van der Waals surface area contributed by atoms with Crippen molar-refractivity contribution in [2.45, 2.75) is 51.5 Å².